The summed E-state index contributed by atoms with van der Waals surface area (Å²) in [5, 5.41) is 24.1. The Morgan fingerprint density at radius 3 is 2.90 bits per heavy atom. The van der Waals surface area contributed by atoms with Crippen molar-refractivity contribution in [3.05, 3.63) is 32.8 Å². The van der Waals surface area contributed by atoms with Crippen LogP contribution in [0.15, 0.2) is 22.7 Å². The number of hydrogen-bond acceptors (Lipinski definition) is 5. The van der Waals surface area contributed by atoms with Gasteiger partial charge in [-0.15, -0.1) is 0 Å². The van der Waals surface area contributed by atoms with Crippen molar-refractivity contribution >= 4 is 21.6 Å². The summed E-state index contributed by atoms with van der Waals surface area (Å²) >= 11 is 3.27. The van der Waals surface area contributed by atoms with Crippen LogP contribution >= 0.6 is 15.9 Å². The number of hydrogen-bond donors (Lipinski definition) is 2. The molecule has 7 heteroatoms. The van der Waals surface area contributed by atoms with E-state index in [0.29, 0.717) is 22.8 Å². The zero-order valence-electron chi connectivity index (χ0n) is 11.1. The Hall–Kier alpha value is -1.18. The smallest absolute Gasteiger partial charge is 0.273 e. The number of nitrogens with one attached hydrogen (secondary N) is 1. The lowest BCUT2D eigenvalue weighted by Gasteiger charge is -2.24. The summed E-state index contributed by atoms with van der Waals surface area (Å²) in [5.74, 6) is 0.353. The van der Waals surface area contributed by atoms with E-state index in [1.165, 1.54) is 12.1 Å². The molecule has 2 N–H and O–H groups in total. The zero-order chi connectivity index (χ0) is 14.8. The lowest BCUT2D eigenvalue weighted by Crippen LogP contribution is -2.43. The van der Waals surface area contributed by atoms with Crippen molar-refractivity contribution in [2.75, 3.05) is 13.2 Å². The average molecular weight is 345 g/mol. The molecule has 1 aliphatic carbocycles. The van der Waals surface area contributed by atoms with Crippen LogP contribution in [0.4, 0.5) is 5.69 Å². The first-order valence-electron chi connectivity index (χ1n) is 6.40. The second-order valence-corrected chi connectivity index (χ2v) is 6.17. The molecule has 20 heavy (non-hydrogen) atoms. The summed E-state index contributed by atoms with van der Waals surface area (Å²) in [7, 11) is 0. The maximum atomic E-state index is 10.7. The molecule has 1 saturated carbocycles. The molecular formula is C13H17BrN2O4. The number of benzene rings is 1. The van der Waals surface area contributed by atoms with Gasteiger partial charge in [-0.3, -0.25) is 10.1 Å². The quantitative estimate of drug-likeness (QED) is 0.585. The van der Waals surface area contributed by atoms with Crippen molar-refractivity contribution in [1.29, 1.82) is 0 Å². The van der Waals surface area contributed by atoms with E-state index in [4.69, 9.17) is 4.74 Å². The fourth-order valence-electron chi connectivity index (χ4n) is 1.65. The highest BCUT2D eigenvalue weighted by Gasteiger charge is 2.27. The minimum Gasteiger partial charge on any atom is -0.489 e. The van der Waals surface area contributed by atoms with E-state index in [1.807, 2.05) is 0 Å². The Balaban J connectivity index is 1.94. The van der Waals surface area contributed by atoms with Gasteiger partial charge in [-0.2, -0.15) is 0 Å². The van der Waals surface area contributed by atoms with Crippen LogP contribution in [0.25, 0.3) is 0 Å². The standard InChI is InChI=1S/C13H17BrN2O4/c1-13(17,7-15-9-2-3-9)8-20-12-6-10(16(18)19)4-5-11(12)14/h4-6,9,15,17H,2-3,7-8H2,1H3. The molecule has 0 spiro atoms. The van der Waals surface area contributed by atoms with Crippen molar-refractivity contribution in [3.63, 3.8) is 0 Å². The third kappa shape index (κ3) is 4.43. The Bertz CT molecular complexity index is 503. The largest absolute Gasteiger partial charge is 0.489 e. The lowest BCUT2D eigenvalue weighted by atomic mass is 10.1. The van der Waals surface area contributed by atoms with Gasteiger partial charge in [-0.1, -0.05) is 0 Å². The molecule has 0 heterocycles. The van der Waals surface area contributed by atoms with Crippen molar-refractivity contribution in [1.82, 2.24) is 5.32 Å². The minimum atomic E-state index is -1.02. The molecule has 0 aromatic heterocycles. The number of nitro benzene ring substituents is 1. The Labute approximate surface area is 125 Å². The first-order valence-corrected chi connectivity index (χ1v) is 7.19. The summed E-state index contributed by atoms with van der Waals surface area (Å²) < 4.78 is 6.12. The van der Waals surface area contributed by atoms with Gasteiger partial charge in [-0.05, 0) is 41.8 Å². The van der Waals surface area contributed by atoms with Gasteiger partial charge in [0.05, 0.1) is 15.5 Å². The molecule has 1 atom stereocenters. The molecule has 110 valence electrons. The molecule has 0 bridgehead atoms. The number of non-ortho nitro benzene ring substituents is 1. The van der Waals surface area contributed by atoms with E-state index < -0.39 is 10.5 Å². The van der Waals surface area contributed by atoms with Crippen LogP contribution in [0.3, 0.4) is 0 Å². The van der Waals surface area contributed by atoms with Crippen LogP contribution in [-0.2, 0) is 0 Å². The van der Waals surface area contributed by atoms with E-state index in [9.17, 15) is 15.2 Å². The highest BCUT2D eigenvalue weighted by molar-refractivity contribution is 9.10. The van der Waals surface area contributed by atoms with E-state index in [0.717, 1.165) is 12.8 Å². The van der Waals surface area contributed by atoms with Crippen LogP contribution in [0.2, 0.25) is 0 Å². The molecule has 1 aromatic carbocycles. The maximum Gasteiger partial charge on any atom is 0.273 e. The molecule has 1 unspecified atom stereocenters. The molecule has 0 amide bonds. The third-order valence-corrected chi connectivity index (χ3v) is 3.67. The number of halogens is 1. The van der Waals surface area contributed by atoms with Gasteiger partial charge >= 0.3 is 0 Å². The first kappa shape index (κ1) is 15.2. The molecule has 2 rings (SSSR count). The van der Waals surface area contributed by atoms with E-state index in [1.54, 1.807) is 13.0 Å². The number of rotatable bonds is 7. The maximum absolute atomic E-state index is 10.7. The summed E-state index contributed by atoms with van der Waals surface area (Å²) in [6.07, 6.45) is 2.29. The second-order valence-electron chi connectivity index (χ2n) is 5.31. The normalized spacial score (nSPS) is 17.6. The Kier molecular flexibility index (Phi) is 4.62. The van der Waals surface area contributed by atoms with Crippen molar-refractivity contribution in [3.8, 4) is 5.75 Å². The summed E-state index contributed by atoms with van der Waals surface area (Å²) in [4.78, 5) is 10.2. The number of nitrogens with zero attached hydrogens (tertiary/aromatic N) is 1. The van der Waals surface area contributed by atoms with Gasteiger partial charge in [-0.25, -0.2) is 0 Å². The van der Waals surface area contributed by atoms with Gasteiger partial charge in [0.2, 0.25) is 0 Å². The van der Waals surface area contributed by atoms with Crippen molar-refractivity contribution in [2.24, 2.45) is 0 Å². The molecule has 6 nitrogen and oxygen atoms in total. The van der Waals surface area contributed by atoms with Gasteiger partial charge in [0, 0.05) is 18.7 Å². The highest BCUT2D eigenvalue weighted by atomic mass is 79.9. The SMILES string of the molecule is CC(O)(CNC1CC1)COc1cc([N+](=O)[O-])ccc1Br. The van der Waals surface area contributed by atoms with Crippen LogP contribution < -0.4 is 10.1 Å². The fraction of sp³-hybridized carbons (Fsp3) is 0.538. The lowest BCUT2D eigenvalue weighted by molar-refractivity contribution is -0.385. The molecule has 1 aromatic rings. The van der Waals surface area contributed by atoms with E-state index >= 15 is 0 Å². The van der Waals surface area contributed by atoms with Crippen LogP contribution in [0.5, 0.6) is 5.75 Å². The predicted octanol–water partition coefficient (Wildman–Crippen LogP) is 2.24. The molecule has 0 radical (unpaired) electrons. The topological polar surface area (TPSA) is 84.6 Å². The van der Waals surface area contributed by atoms with Gasteiger partial charge in [0.15, 0.2) is 0 Å². The van der Waals surface area contributed by atoms with Crippen molar-refractivity contribution < 1.29 is 14.8 Å². The number of nitro groups is 1. The van der Waals surface area contributed by atoms with Gasteiger partial charge in [0.1, 0.15) is 18.0 Å². The molecule has 0 aliphatic heterocycles. The molecule has 0 saturated heterocycles. The van der Waals surface area contributed by atoms with E-state index in [2.05, 4.69) is 21.2 Å². The minimum absolute atomic E-state index is 0.0426. The highest BCUT2D eigenvalue weighted by Crippen LogP contribution is 2.30. The Morgan fingerprint density at radius 1 is 1.60 bits per heavy atom. The molecule has 1 fully saturated rings. The summed E-state index contributed by atoms with van der Waals surface area (Å²) in [6.45, 7) is 2.17. The van der Waals surface area contributed by atoms with Crippen LogP contribution in [0, 0.1) is 10.1 Å². The molecule has 1 aliphatic rings. The van der Waals surface area contributed by atoms with E-state index in [-0.39, 0.29) is 12.3 Å². The second kappa shape index (κ2) is 6.07. The van der Waals surface area contributed by atoms with Crippen molar-refractivity contribution in [2.45, 2.75) is 31.4 Å². The molecular weight excluding hydrogens is 328 g/mol. The average Bonchev–Trinajstić information content (AvgIpc) is 3.19. The van der Waals surface area contributed by atoms with Gasteiger partial charge < -0.3 is 15.2 Å². The summed E-state index contributed by atoms with van der Waals surface area (Å²) in [5.41, 5.74) is -1.06. The predicted molar refractivity (Wildman–Crippen MR) is 77.9 cm³/mol. The summed E-state index contributed by atoms with van der Waals surface area (Å²) in [6, 6.07) is 4.80. The van der Waals surface area contributed by atoms with Gasteiger partial charge in [0.25, 0.3) is 5.69 Å². The third-order valence-electron chi connectivity index (χ3n) is 3.01. The monoisotopic (exact) mass is 344 g/mol. The van der Waals surface area contributed by atoms with Crippen LogP contribution in [0.1, 0.15) is 19.8 Å². The fourth-order valence-corrected chi connectivity index (χ4v) is 2.01. The Morgan fingerprint density at radius 2 is 2.30 bits per heavy atom. The number of aliphatic hydroxyl groups is 1. The zero-order valence-corrected chi connectivity index (χ0v) is 12.7. The first-order chi connectivity index (χ1) is 9.37. The van der Waals surface area contributed by atoms with Crippen LogP contribution in [-0.4, -0.2) is 34.8 Å². The number of ether oxygens (including phenoxy) is 1.